The van der Waals surface area contributed by atoms with Gasteiger partial charge in [-0.3, -0.25) is 0 Å². The van der Waals surface area contributed by atoms with E-state index in [-0.39, 0.29) is 5.82 Å². The lowest BCUT2D eigenvalue weighted by Crippen LogP contribution is -1.99. The van der Waals surface area contributed by atoms with E-state index < -0.39 is 6.17 Å². The molecule has 166 valence electrons. The summed E-state index contributed by atoms with van der Waals surface area (Å²) in [4.78, 5) is 8.64. The van der Waals surface area contributed by atoms with Crippen molar-refractivity contribution >= 4 is 0 Å². The lowest BCUT2D eigenvalue weighted by atomic mass is 10.0. The van der Waals surface area contributed by atoms with E-state index in [4.69, 9.17) is 4.74 Å². The van der Waals surface area contributed by atoms with Crippen molar-refractivity contribution in [3.8, 4) is 17.1 Å². The summed E-state index contributed by atoms with van der Waals surface area (Å²) in [7, 11) is 0. The fourth-order valence-corrected chi connectivity index (χ4v) is 3.42. The lowest BCUT2D eigenvalue weighted by molar-refractivity contribution is 0.302. The van der Waals surface area contributed by atoms with Crippen LogP contribution in [0.4, 0.5) is 8.78 Å². The summed E-state index contributed by atoms with van der Waals surface area (Å²) >= 11 is 0. The second-order valence-electron chi connectivity index (χ2n) is 8.04. The van der Waals surface area contributed by atoms with E-state index in [9.17, 15) is 8.78 Å². The topological polar surface area (TPSA) is 35.0 Å². The molecule has 0 N–H and O–H groups in total. The maximum Gasteiger partial charge on any atom is 0.159 e. The van der Waals surface area contributed by atoms with Gasteiger partial charge in [-0.2, -0.15) is 0 Å². The van der Waals surface area contributed by atoms with Crippen LogP contribution in [-0.2, 0) is 6.42 Å². The minimum absolute atomic E-state index is 0.260. The third-order valence-corrected chi connectivity index (χ3v) is 5.25. The molecule has 0 amide bonds. The van der Waals surface area contributed by atoms with Crippen LogP contribution in [0.5, 0.6) is 5.75 Å². The molecule has 0 aliphatic heterocycles. The Hall–Kier alpha value is -2.04. The molecule has 2 rings (SSSR count). The average Bonchev–Trinajstić information content (AvgIpc) is 2.74. The van der Waals surface area contributed by atoms with Gasteiger partial charge in [0, 0.05) is 5.56 Å². The molecule has 0 bridgehead atoms. The normalized spacial score (nSPS) is 12.1. The number of alkyl halides is 1. The van der Waals surface area contributed by atoms with Crippen molar-refractivity contribution in [3.63, 3.8) is 0 Å². The first-order valence-corrected chi connectivity index (χ1v) is 11.5. The van der Waals surface area contributed by atoms with Crippen molar-refractivity contribution < 1.29 is 13.5 Å². The van der Waals surface area contributed by atoms with Crippen LogP contribution in [0.1, 0.15) is 83.6 Å². The number of hydrogen-bond donors (Lipinski definition) is 0. The molecule has 30 heavy (non-hydrogen) atoms. The van der Waals surface area contributed by atoms with Gasteiger partial charge in [0.25, 0.3) is 0 Å². The summed E-state index contributed by atoms with van der Waals surface area (Å²) in [6.45, 7) is 4.45. The molecule has 1 aromatic heterocycles. The largest absolute Gasteiger partial charge is 0.490 e. The Morgan fingerprint density at radius 2 is 1.63 bits per heavy atom. The van der Waals surface area contributed by atoms with Crippen molar-refractivity contribution in [2.24, 2.45) is 0 Å². The van der Waals surface area contributed by atoms with Gasteiger partial charge in [0.1, 0.15) is 5.82 Å². The van der Waals surface area contributed by atoms with Crippen molar-refractivity contribution in [1.82, 2.24) is 9.97 Å². The summed E-state index contributed by atoms with van der Waals surface area (Å²) < 4.78 is 32.9. The summed E-state index contributed by atoms with van der Waals surface area (Å²) in [5, 5.41) is 0. The highest BCUT2D eigenvalue weighted by molar-refractivity contribution is 5.55. The van der Waals surface area contributed by atoms with E-state index in [1.165, 1.54) is 44.6 Å². The van der Waals surface area contributed by atoms with Crippen molar-refractivity contribution in [2.75, 3.05) is 6.61 Å². The minimum atomic E-state index is -0.795. The Balaban J connectivity index is 1.75. The summed E-state index contributed by atoms with van der Waals surface area (Å²) in [6.07, 6.45) is 13.9. The molecule has 2 aromatic rings. The minimum Gasteiger partial charge on any atom is -0.490 e. The molecule has 0 saturated carbocycles. The first-order chi connectivity index (χ1) is 14.6. The summed E-state index contributed by atoms with van der Waals surface area (Å²) in [6, 6.07) is 5.09. The van der Waals surface area contributed by atoms with E-state index in [0.717, 1.165) is 19.3 Å². The SMILES string of the molecule is CCCCCCCCCOc1cnc(-c2ccc(CCCCC(C)F)c(F)c2)nc1. The Labute approximate surface area is 180 Å². The smallest absolute Gasteiger partial charge is 0.159 e. The zero-order valence-electron chi connectivity index (χ0n) is 18.5. The van der Waals surface area contributed by atoms with Crippen LogP contribution >= 0.6 is 0 Å². The van der Waals surface area contributed by atoms with Gasteiger partial charge < -0.3 is 4.74 Å². The Kier molecular flexibility index (Phi) is 11.3. The molecule has 5 heteroatoms. The van der Waals surface area contributed by atoms with E-state index in [2.05, 4.69) is 16.9 Å². The fourth-order valence-electron chi connectivity index (χ4n) is 3.42. The maximum atomic E-state index is 14.4. The van der Waals surface area contributed by atoms with Gasteiger partial charge in [0.2, 0.25) is 0 Å². The molecule has 3 nitrogen and oxygen atoms in total. The molecular formula is C25H36F2N2O. The van der Waals surface area contributed by atoms with Gasteiger partial charge >= 0.3 is 0 Å². The molecule has 0 aliphatic rings. The highest BCUT2D eigenvalue weighted by Gasteiger charge is 2.08. The molecule has 0 spiro atoms. The third-order valence-electron chi connectivity index (χ3n) is 5.25. The molecule has 0 aliphatic carbocycles. The van der Waals surface area contributed by atoms with Gasteiger partial charge in [-0.05, 0) is 44.2 Å². The maximum absolute atomic E-state index is 14.4. The first kappa shape index (κ1) is 24.2. The number of aromatic nitrogens is 2. The summed E-state index contributed by atoms with van der Waals surface area (Å²) in [5.41, 5.74) is 1.30. The monoisotopic (exact) mass is 418 g/mol. The van der Waals surface area contributed by atoms with E-state index in [1.54, 1.807) is 25.4 Å². The molecule has 1 atom stereocenters. The van der Waals surface area contributed by atoms with Crippen LogP contribution in [0.25, 0.3) is 11.4 Å². The number of nitrogens with zero attached hydrogens (tertiary/aromatic N) is 2. The highest BCUT2D eigenvalue weighted by Crippen LogP contribution is 2.21. The molecular weight excluding hydrogens is 382 g/mol. The van der Waals surface area contributed by atoms with Crippen molar-refractivity contribution in [3.05, 3.63) is 42.0 Å². The molecule has 0 fully saturated rings. The van der Waals surface area contributed by atoms with Crippen LogP contribution in [0, 0.1) is 5.82 Å². The number of benzene rings is 1. The number of halogens is 2. The fraction of sp³-hybridized carbons (Fsp3) is 0.600. The molecule has 0 radical (unpaired) electrons. The zero-order chi connectivity index (χ0) is 21.6. The van der Waals surface area contributed by atoms with Crippen LogP contribution in [0.3, 0.4) is 0 Å². The second kappa shape index (κ2) is 14.1. The Bertz CT molecular complexity index is 720. The van der Waals surface area contributed by atoms with Crippen molar-refractivity contribution in [1.29, 1.82) is 0 Å². The quantitative estimate of drug-likeness (QED) is 0.281. The number of ether oxygens (including phenoxy) is 1. The van der Waals surface area contributed by atoms with E-state index in [0.29, 0.717) is 42.1 Å². The van der Waals surface area contributed by atoms with Gasteiger partial charge in [0.15, 0.2) is 11.6 Å². The number of rotatable bonds is 15. The van der Waals surface area contributed by atoms with E-state index in [1.807, 2.05) is 6.07 Å². The lowest BCUT2D eigenvalue weighted by Gasteiger charge is -2.08. The van der Waals surface area contributed by atoms with Crippen molar-refractivity contribution in [2.45, 2.75) is 90.6 Å². The van der Waals surface area contributed by atoms with Gasteiger partial charge in [-0.15, -0.1) is 0 Å². The van der Waals surface area contributed by atoms with E-state index >= 15 is 0 Å². The Morgan fingerprint density at radius 3 is 2.30 bits per heavy atom. The molecule has 1 aromatic carbocycles. The number of aryl methyl sites for hydroxylation is 1. The average molecular weight is 419 g/mol. The number of hydrogen-bond acceptors (Lipinski definition) is 3. The predicted octanol–water partition coefficient (Wildman–Crippen LogP) is 7.48. The van der Waals surface area contributed by atoms with Crippen LogP contribution in [-0.4, -0.2) is 22.7 Å². The van der Waals surface area contributed by atoms with Gasteiger partial charge in [-0.1, -0.05) is 64.0 Å². The Morgan fingerprint density at radius 1 is 0.933 bits per heavy atom. The van der Waals surface area contributed by atoms with Crippen LogP contribution in [0.15, 0.2) is 30.6 Å². The van der Waals surface area contributed by atoms with Gasteiger partial charge in [-0.25, -0.2) is 18.7 Å². The van der Waals surface area contributed by atoms with Gasteiger partial charge in [0.05, 0.1) is 25.2 Å². The standard InChI is InChI=1S/C25H36F2N2O/c1-3-4-5-6-7-8-11-16-30-23-18-28-25(29-19-23)22-15-14-21(24(27)17-22)13-10-9-12-20(2)26/h14-15,17-20H,3-13,16H2,1-2H3. The highest BCUT2D eigenvalue weighted by atomic mass is 19.1. The first-order valence-electron chi connectivity index (χ1n) is 11.5. The second-order valence-corrected chi connectivity index (χ2v) is 8.04. The third kappa shape index (κ3) is 9.19. The predicted molar refractivity (Wildman–Crippen MR) is 119 cm³/mol. The molecule has 1 unspecified atom stereocenters. The molecule has 0 saturated heterocycles. The van der Waals surface area contributed by atoms with Crippen LogP contribution < -0.4 is 4.74 Å². The summed E-state index contributed by atoms with van der Waals surface area (Å²) in [5.74, 6) is 0.863. The number of unbranched alkanes of at least 4 members (excludes halogenated alkanes) is 7. The zero-order valence-corrected chi connectivity index (χ0v) is 18.5. The molecule has 1 heterocycles. The van der Waals surface area contributed by atoms with Crippen LogP contribution in [0.2, 0.25) is 0 Å².